The minimum atomic E-state index is -0.112. The Morgan fingerprint density at radius 3 is 2.66 bits per heavy atom. The molecule has 1 aliphatic heterocycles. The van der Waals surface area contributed by atoms with Crippen molar-refractivity contribution in [3.8, 4) is 0 Å². The Labute approximate surface area is 189 Å². The third-order valence-electron chi connectivity index (χ3n) is 6.68. The van der Waals surface area contributed by atoms with E-state index in [9.17, 15) is 9.59 Å². The normalized spacial score (nSPS) is 18.1. The Bertz CT molecular complexity index is 945. The van der Waals surface area contributed by atoms with Crippen LogP contribution in [0, 0.1) is 5.92 Å². The van der Waals surface area contributed by atoms with Gasteiger partial charge in [0.2, 0.25) is 5.91 Å². The quantitative estimate of drug-likeness (QED) is 0.714. The average Bonchev–Trinajstić information content (AvgIpc) is 3.22. The molecule has 174 valence electrons. The molecule has 32 heavy (non-hydrogen) atoms. The summed E-state index contributed by atoms with van der Waals surface area (Å²) >= 11 is 0. The van der Waals surface area contributed by atoms with Gasteiger partial charge in [-0.05, 0) is 31.4 Å². The zero-order chi connectivity index (χ0) is 22.5. The molecule has 2 fully saturated rings. The van der Waals surface area contributed by atoms with Crippen molar-refractivity contribution < 1.29 is 14.3 Å². The Balaban J connectivity index is 1.50. The molecular weight excluding hydrogens is 406 g/mol. The maximum Gasteiger partial charge on any atom is 0.252 e. The fourth-order valence-corrected chi connectivity index (χ4v) is 4.79. The molecule has 1 aliphatic carbocycles. The van der Waals surface area contributed by atoms with Gasteiger partial charge in [0.05, 0.1) is 24.5 Å². The molecular formula is C24H35N5O3. The SMILES string of the molecule is CCc1nc2ccc(C(=O)NCCN3CCOCC3)cn2c1N(C)C(=O)C1CCCCC1. The Morgan fingerprint density at radius 1 is 1.19 bits per heavy atom. The van der Waals surface area contributed by atoms with Crippen molar-refractivity contribution >= 4 is 23.3 Å². The number of hydrogen-bond donors (Lipinski definition) is 1. The lowest BCUT2D eigenvalue weighted by Crippen LogP contribution is -2.41. The Morgan fingerprint density at radius 2 is 1.94 bits per heavy atom. The zero-order valence-electron chi connectivity index (χ0n) is 19.3. The second-order valence-electron chi connectivity index (χ2n) is 8.82. The summed E-state index contributed by atoms with van der Waals surface area (Å²) in [6.07, 6.45) is 7.90. The third kappa shape index (κ3) is 4.96. The molecule has 2 aromatic heterocycles. The Kier molecular flexibility index (Phi) is 7.42. The van der Waals surface area contributed by atoms with Gasteiger partial charge in [0, 0.05) is 45.3 Å². The molecule has 0 aromatic carbocycles. The van der Waals surface area contributed by atoms with Crippen LogP contribution in [0.2, 0.25) is 0 Å². The van der Waals surface area contributed by atoms with Gasteiger partial charge in [0.1, 0.15) is 11.5 Å². The van der Waals surface area contributed by atoms with E-state index in [1.54, 1.807) is 11.0 Å². The number of carbonyl (C=O) groups is 2. The minimum absolute atomic E-state index is 0.0793. The number of morpholine rings is 1. The van der Waals surface area contributed by atoms with Gasteiger partial charge in [-0.15, -0.1) is 0 Å². The fourth-order valence-electron chi connectivity index (χ4n) is 4.79. The summed E-state index contributed by atoms with van der Waals surface area (Å²) in [6, 6.07) is 3.66. The maximum absolute atomic E-state index is 13.2. The topological polar surface area (TPSA) is 79.2 Å². The average molecular weight is 442 g/mol. The molecule has 8 heteroatoms. The predicted octanol–water partition coefficient (Wildman–Crippen LogP) is 2.50. The van der Waals surface area contributed by atoms with Gasteiger partial charge in [0.15, 0.2) is 0 Å². The van der Waals surface area contributed by atoms with E-state index in [0.717, 1.165) is 82.1 Å². The number of rotatable bonds is 7. The summed E-state index contributed by atoms with van der Waals surface area (Å²) in [4.78, 5) is 34.8. The van der Waals surface area contributed by atoms with Crippen LogP contribution in [0.4, 0.5) is 5.82 Å². The number of aromatic nitrogens is 2. The molecule has 0 bridgehead atoms. The number of imidazole rings is 1. The lowest BCUT2D eigenvalue weighted by molar-refractivity contribution is -0.123. The van der Waals surface area contributed by atoms with Crippen LogP contribution in [-0.4, -0.2) is 72.5 Å². The third-order valence-corrected chi connectivity index (χ3v) is 6.68. The number of nitrogens with one attached hydrogen (secondary N) is 1. The van der Waals surface area contributed by atoms with E-state index in [1.165, 1.54) is 6.42 Å². The van der Waals surface area contributed by atoms with Crippen LogP contribution in [0.3, 0.4) is 0 Å². The van der Waals surface area contributed by atoms with E-state index in [4.69, 9.17) is 9.72 Å². The van der Waals surface area contributed by atoms with Crippen molar-refractivity contribution in [3.63, 3.8) is 0 Å². The number of aryl methyl sites for hydroxylation is 1. The molecule has 0 spiro atoms. The number of pyridine rings is 1. The minimum Gasteiger partial charge on any atom is -0.379 e. The molecule has 8 nitrogen and oxygen atoms in total. The molecule has 3 heterocycles. The first-order valence-electron chi connectivity index (χ1n) is 12.0. The number of ether oxygens (including phenoxy) is 1. The first kappa shape index (κ1) is 22.7. The molecule has 1 saturated carbocycles. The van der Waals surface area contributed by atoms with Gasteiger partial charge in [-0.3, -0.25) is 23.8 Å². The number of nitrogens with zero attached hydrogens (tertiary/aromatic N) is 4. The van der Waals surface area contributed by atoms with Crippen LogP contribution in [0.15, 0.2) is 18.3 Å². The number of anilines is 1. The molecule has 0 atom stereocenters. The number of hydrogen-bond acceptors (Lipinski definition) is 5. The Hall–Kier alpha value is -2.45. The molecule has 2 amide bonds. The summed E-state index contributed by atoms with van der Waals surface area (Å²) in [5, 5.41) is 3.02. The smallest absolute Gasteiger partial charge is 0.252 e. The number of amides is 2. The van der Waals surface area contributed by atoms with Gasteiger partial charge in [-0.1, -0.05) is 26.2 Å². The van der Waals surface area contributed by atoms with Crippen LogP contribution < -0.4 is 10.2 Å². The summed E-state index contributed by atoms with van der Waals surface area (Å²) in [5.41, 5.74) is 2.20. The molecule has 2 aliphatic rings. The summed E-state index contributed by atoms with van der Waals surface area (Å²) in [5.74, 6) is 0.900. The van der Waals surface area contributed by atoms with Crippen LogP contribution >= 0.6 is 0 Å². The van der Waals surface area contributed by atoms with E-state index in [0.29, 0.717) is 12.1 Å². The largest absolute Gasteiger partial charge is 0.379 e. The van der Waals surface area contributed by atoms with Crippen molar-refractivity contribution in [2.24, 2.45) is 5.92 Å². The summed E-state index contributed by atoms with van der Waals surface area (Å²) in [7, 11) is 1.84. The van der Waals surface area contributed by atoms with Crippen LogP contribution in [0.5, 0.6) is 0 Å². The van der Waals surface area contributed by atoms with Crippen molar-refractivity contribution in [2.45, 2.75) is 45.4 Å². The summed E-state index contributed by atoms with van der Waals surface area (Å²) in [6.45, 7) is 6.76. The van der Waals surface area contributed by atoms with Gasteiger partial charge in [-0.2, -0.15) is 0 Å². The number of fused-ring (bicyclic) bond motifs is 1. The molecule has 1 N–H and O–H groups in total. The van der Waals surface area contributed by atoms with E-state index < -0.39 is 0 Å². The summed E-state index contributed by atoms with van der Waals surface area (Å²) < 4.78 is 7.27. The van der Waals surface area contributed by atoms with Gasteiger partial charge in [0.25, 0.3) is 5.91 Å². The number of carbonyl (C=O) groups excluding carboxylic acids is 2. The first-order valence-corrected chi connectivity index (χ1v) is 12.0. The second kappa shape index (κ2) is 10.4. The fraction of sp³-hybridized carbons (Fsp3) is 0.625. The standard InChI is InChI=1S/C24H35N5O3/c1-3-20-23(27(2)24(31)18-7-5-4-6-8-18)29-17-19(9-10-21(29)26-20)22(30)25-11-12-28-13-15-32-16-14-28/h9-10,17-18H,3-8,11-16H2,1-2H3,(H,25,30). The van der Waals surface area contributed by atoms with Gasteiger partial charge < -0.3 is 10.1 Å². The van der Waals surface area contributed by atoms with Gasteiger partial charge >= 0.3 is 0 Å². The van der Waals surface area contributed by atoms with Crippen LogP contribution in [0.1, 0.15) is 55.1 Å². The first-order chi connectivity index (χ1) is 15.6. The molecule has 4 rings (SSSR count). The van der Waals surface area contributed by atoms with E-state index >= 15 is 0 Å². The van der Waals surface area contributed by atoms with Crippen molar-refractivity contribution in [1.82, 2.24) is 19.6 Å². The van der Waals surface area contributed by atoms with Gasteiger partial charge in [-0.25, -0.2) is 4.98 Å². The highest BCUT2D eigenvalue weighted by atomic mass is 16.5. The van der Waals surface area contributed by atoms with Crippen molar-refractivity contribution in [1.29, 1.82) is 0 Å². The molecule has 0 radical (unpaired) electrons. The molecule has 0 unspecified atom stereocenters. The van der Waals surface area contributed by atoms with Crippen LogP contribution in [0.25, 0.3) is 5.65 Å². The highest BCUT2D eigenvalue weighted by Crippen LogP contribution is 2.29. The van der Waals surface area contributed by atoms with Crippen molar-refractivity contribution in [3.05, 3.63) is 29.6 Å². The lowest BCUT2D eigenvalue weighted by atomic mass is 9.88. The highest BCUT2D eigenvalue weighted by molar-refractivity contribution is 5.96. The highest BCUT2D eigenvalue weighted by Gasteiger charge is 2.28. The van der Waals surface area contributed by atoms with E-state index in [-0.39, 0.29) is 17.7 Å². The molecule has 1 saturated heterocycles. The zero-order valence-corrected chi connectivity index (χ0v) is 19.3. The predicted molar refractivity (Wildman–Crippen MR) is 124 cm³/mol. The second-order valence-corrected chi connectivity index (χ2v) is 8.82. The van der Waals surface area contributed by atoms with E-state index in [1.807, 2.05) is 30.6 Å². The maximum atomic E-state index is 13.2. The monoisotopic (exact) mass is 441 g/mol. The van der Waals surface area contributed by atoms with E-state index in [2.05, 4.69) is 10.2 Å². The lowest BCUT2D eigenvalue weighted by Gasteiger charge is -2.27. The van der Waals surface area contributed by atoms with Crippen molar-refractivity contribution in [2.75, 3.05) is 51.3 Å². The van der Waals surface area contributed by atoms with Crippen LogP contribution in [-0.2, 0) is 16.0 Å². The molecule has 2 aromatic rings.